The van der Waals surface area contributed by atoms with E-state index < -0.39 is 0 Å². The van der Waals surface area contributed by atoms with Crippen LogP contribution in [0.1, 0.15) is 28.3 Å². The number of methoxy groups -OCH3 is 5. The molecule has 4 rings (SSSR count). The summed E-state index contributed by atoms with van der Waals surface area (Å²) in [6, 6.07) is 17.5. The number of nitrogens with one attached hydrogen (secondary N) is 2. The lowest BCUT2D eigenvalue weighted by Gasteiger charge is -2.37. The maximum Gasteiger partial charge on any atom is 0.325 e. The molecule has 1 aliphatic heterocycles. The average molecular weight is 578 g/mol. The minimum Gasteiger partial charge on any atom is -0.493 e. The summed E-state index contributed by atoms with van der Waals surface area (Å²) in [5, 5.41) is 6.05. The maximum absolute atomic E-state index is 13.2. The molecule has 0 fully saturated rings. The molecule has 0 aromatic heterocycles. The number of esters is 1. The van der Waals surface area contributed by atoms with Crippen molar-refractivity contribution in [2.24, 2.45) is 0 Å². The molecule has 0 spiro atoms. The lowest BCUT2D eigenvalue weighted by Crippen LogP contribution is -2.43. The highest BCUT2D eigenvalue weighted by molar-refractivity contribution is 5.78. The zero-order valence-electron chi connectivity index (χ0n) is 24.8. The van der Waals surface area contributed by atoms with Crippen molar-refractivity contribution in [1.29, 1.82) is 0 Å². The van der Waals surface area contributed by atoms with Crippen molar-refractivity contribution in [2.45, 2.75) is 25.4 Å². The molecule has 0 saturated carbocycles. The van der Waals surface area contributed by atoms with Crippen molar-refractivity contribution < 1.29 is 33.3 Å². The van der Waals surface area contributed by atoms with Crippen molar-refractivity contribution in [3.8, 4) is 23.0 Å². The Kier molecular flexibility index (Phi) is 10.5. The molecule has 3 aromatic rings. The van der Waals surface area contributed by atoms with Crippen molar-refractivity contribution in [3.05, 3.63) is 76.9 Å². The zero-order valence-corrected chi connectivity index (χ0v) is 24.8. The first-order valence-corrected chi connectivity index (χ1v) is 13.7. The molecule has 1 atom stereocenters. The molecule has 1 heterocycles. The molecule has 0 aliphatic carbocycles. The first-order chi connectivity index (χ1) is 20.4. The number of nitrogens with zero attached hydrogens (tertiary/aromatic N) is 1. The molecule has 10 nitrogen and oxygen atoms in total. The van der Waals surface area contributed by atoms with E-state index in [1.807, 2.05) is 54.6 Å². The van der Waals surface area contributed by atoms with Crippen LogP contribution in [0.5, 0.6) is 23.0 Å². The van der Waals surface area contributed by atoms with Crippen LogP contribution in [0.3, 0.4) is 0 Å². The third-order valence-corrected chi connectivity index (χ3v) is 7.45. The summed E-state index contributed by atoms with van der Waals surface area (Å²) >= 11 is 0. The number of hydrogen-bond donors (Lipinski definition) is 2. The van der Waals surface area contributed by atoms with E-state index in [1.54, 1.807) is 28.4 Å². The molecule has 1 aliphatic rings. The number of carbonyl (C=O) groups is 2. The van der Waals surface area contributed by atoms with Crippen molar-refractivity contribution in [3.63, 3.8) is 0 Å². The molecule has 0 radical (unpaired) electrons. The number of rotatable bonds is 13. The second-order valence-electron chi connectivity index (χ2n) is 9.94. The van der Waals surface area contributed by atoms with Gasteiger partial charge in [-0.2, -0.15) is 0 Å². The smallest absolute Gasteiger partial charge is 0.325 e. The van der Waals surface area contributed by atoms with Gasteiger partial charge in [0.1, 0.15) is 6.54 Å². The monoisotopic (exact) mass is 577 g/mol. The van der Waals surface area contributed by atoms with E-state index in [0.717, 1.165) is 28.8 Å². The normalized spacial score (nSPS) is 14.4. The van der Waals surface area contributed by atoms with Gasteiger partial charge < -0.3 is 34.3 Å². The molecule has 1 unspecified atom stereocenters. The van der Waals surface area contributed by atoms with Crippen LogP contribution in [0.4, 0.5) is 5.69 Å². The Labute approximate surface area is 246 Å². The van der Waals surface area contributed by atoms with Crippen LogP contribution in [0.15, 0.2) is 54.6 Å². The van der Waals surface area contributed by atoms with E-state index in [-0.39, 0.29) is 31.0 Å². The molecule has 2 N–H and O–H groups in total. The van der Waals surface area contributed by atoms with Crippen LogP contribution in [0.2, 0.25) is 0 Å². The minimum atomic E-state index is -0.339. The van der Waals surface area contributed by atoms with E-state index in [9.17, 15) is 9.59 Å². The first kappa shape index (κ1) is 30.5. The summed E-state index contributed by atoms with van der Waals surface area (Å²) in [5.41, 5.74) is 5.10. The Morgan fingerprint density at radius 1 is 0.810 bits per heavy atom. The highest BCUT2D eigenvalue weighted by Gasteiger charge is 2.31. The summed E-state index contributed by atoms with van der Waals surface area (Å²) in [5.74, 6) is 2.27. The van der Waals surface area contributed by atoms with Crippen LogP contribution in [0.25, 0.3) is 0 Å². The Balaban J connectivity index is 1.49. The van der Waals surface area contributed by atoms with Gasteiger partial charge in [-0.25, -0.2) is 0 Å². The van der Waals surface area contributed by atoms with Crippen LogP contribution >= 0.6 is 0 Å². The van der Waals surface area contributed by atoms with Crippen LogP contribution in [0, 0.1) is 0 Å². The number of hydrogen-bond acceptors (Lipinski definition) is 9. The highest BCUT2D eigenvalue weighted by atomic mass is 16.5. The topological polar surface area (TPSA) is 108 Å². The third kappa shape index (κ3) is 7.44. The Bertz CT molecular complexity index is 1380. The van der Waals surface area contributed by atoms with Gasteiger partial charge in [-0.3, -0.25) is 14.5 Å². The summed E-state index contributed by atoms with van der Waals surface area (Å²) in [7, 11) is 7.86. The van der Waals surface area contributed by atoms with Crippen molar-refractivity contribution >= 4 is 17.6 Å². The molecule has 1 amide bonds. The van der Waals surface area contributed by atoms with E-state index in [0.29, 0.717) is 42.5 Å². The van der Waals surface area contributed by atoms with E-state index in [1.165, 1.54) is 12.7 Å². The molecule has 42 heavy (non-hydrogen) atoms. The van der Waals surface area contributed by atoms with Gasteiger partial charge in [0.25, 0.3) is 0 Å². The van der Waals surface area contributed by atoms with Crippen LogP contribution in [-0.4, -0.2) is 72.0 Å². The largest absolute Gasteiger partial charge is 0.493 e. The van der Waals surface area contributed by atoms with Gasteiger partial charge in [-0.15, -0.1) is 0 Å². The number of ether oxygens (including phenoxy) is 5. The summed E-state index contributed by atoms with van der Waals surface area (Å²) in [6.45, 7) is 1.44. The van der Waals surface area contributed by atoms with Crippen LogP contribution in [-0.2, 0) is 33.7 Å². The Morgan fingerprint density at radius 3 is 2.12 bits per heavy atom. The Morgan fingerprint density at radius 2 is 1.45 bits per heavy atom. The second-order valence-corrected chi connectivity index (χ2v) is 9.94. The van der Waals surface area contributed by atoms with E-state index >= 15 is 0 Å². The fourth-order valence-electron chi connectivity index (χ4n) is 5.17. The number of fused-ring (bicyclic) bond motifs is 1. The molecule has 0 bridgehead atoms. The molecular formula is C32H39N3O7. The number of amides is 1. The summed E-state index contributed by atoms with van der Waals surface area (Å²) in [6.07, 6.45) is 1.45. The predicted molar refractivity (Wildman–Crippen MR) is 160 cm³/mol. The zero-order chi connectivity index (χ0) is 30.1. The number of benzene rings is 3. The highest BCUT2D eigenvalue weighted by Crippen LogP contribution is 2.40. The summed E-state index contributed by atoms with van der Waals surface area (Å²) < 4.78 is 26.8. The van der Waals surface area contributed by atoms with E-state index in [4.69, 9.17) is 18.9 Å². The molecule has 0 saturated heterocycles. The van der Waals surface area contributed by atoms with Crippen molar-refractivity contribution in [2.75, 3.05) is 60.5 Å². The van der Waals surface area contributed by atoms with Gasteiger partial charge in [0, 0.05) is 24.8 Å². The quantitative estimate of drug-likeness (QED) is 0.294. The van der Waals surface area contributed by atoms with Gasteiger partial charge in [-0.05, 0) is 71.5 Å². The second kappa shape index (κ2) is 14.5. The molecule has 10 heteroatoms. The van der Waals surface area contributed by atoms with Gasteiger partial charge in [0.15, 0.2) is 23.0 Å². The first-order valence-electron chi connectivity index (χ1n) is 13.7. The number of carbonyl (C=O) groups excluding carboxylic acids is 2. The molecule has 3 aromatic carbocycles. The SMILES string of the molecule is COC(=O)CNc1ccc(CNC(=O)CN2CCc3cc(OC)c(OC)cc3C2Cc2ccc(OC)c(OC)c2)cc1. The molecular weight excluding hydrogens is 538 g/mol. The lowest BCUT2D eigenvalue weighted by atomic mass is 9.88. The van der Waals surface area contributed by atoms with Gasteiger partial charge in [0.2, 0.25) is 5.91 Å². The number of anilines is 1. The lowest BCUT2D eigenvalue weighted by molar-refractivity contribution is -0.138. The van der Waals surface area contributed by atoms with Gasteiger partial charge >= 0.3 is 5.97 Å². The third-order valence-electron chi connectivity index (χ3n) is 7.45. The average Bonchev–Trinajstić information content (AvgIpc) is 3.03. The Hall–Kier alpha value is -4.44. The van der Waals surface area contributed by atoms with Gasteiger partial charge in [-0.1, -0.05) is 18.2 Å². The minimum absolute atomic E-state index is 0.0656. The standard InChI is InChI=1S/C32H39N3O7/c1-38-27-11-8-22(15-28(27)39-2)14-26-25-17-30(41-4)29(40-3)16-23(25)12-13-35(26)20-31(36)34-18-21-6-9-24(10-7-21)33-19-32(37)42-5/h6-11,15-17,26,33H,12-14,18-20H2,1-5H3,(H,34,36). The molecule has 224 valence electrons. The van der Waals surface area contributed by atoms with Crippen LogP contribution < -0.4 is 29.6 Å². The summed E-state index contributed by atoms with van der Waals surface area (Å²) in [4.78, 5) is 26.7. The fourth-order valence-corrected chi connectivity index (χ4v) is 5.17. The predicted octanol–water partition coefficient (Wildman–Crippen LogP) is 3.76. The van der Waals surface area contributed by atoms with Gasteiger partial charge in [0.05, 0.1) is 42.1 Å². The van der Waals surface area contributed by atoms with E-state index in [2.05, 4.69) is 20.3 Å². The van der Waals surface area contributed by atoms with Crippen molar-refractivity contribution in [1.82, 2.24) is 10.2 Å². The fraction of sp³-hybridized carbons (Fsp3) is 0.375. The maximum atomic E-state index is 13.2.